The molecular weight excluding hydrogens is 378 g/mol. The van der Waals surface area contributed by atoms with Crippen LogP contribution in [-0.4, -0.2) is 34.3 Å². The molecule has 0 radical (unpaired) electrons. The van der Waals surface area contributed by atoms with Gasteiger partial charge in [-0.05, 0) is 24.6 Å². The van der Waals surface area contributed by atoms with Crippen LogP contribution in [0.15, 0.2) is 18.2 Å². The summed E-state index contributed by atoms with van der Waals surface area (Å²) < 4.78 is 5.06. The molecule has 0 atom stereocenters. The van der Waals surface area contributed by atoms with Crippen LogP contribution in [-0.2, 0) is 0 Å². The van der Waals surface area contributed by atoms with E-state index in [1.165, 1.54) is 19.2 Å². The number of phenols is 1. The van der Waals surface area contributed by atoms with Crippen LogP contribution >= 0.6 is 31.9 Å². The number of rotatable bonds is 6. The zero-order valence-corrected chi connectivity index (χ0v) is 14.0. The van der Waals surface area contributed by atoms with E-state index in [-0.39, 0.29) is 22.8 Å². The summed E-state index contributed by atoms with van der Waals surface area (Å²) in [4.78, 5) is 12.3. The summed E-state index contributed by atoms with van der Waals surface area (Å²) in [5.74, 6) is 0.146. The monoisotopic (exact) mass is 393 g/mol. The molecule has 0 aliphatic carbocycles. The molecule has 1 amide bonds. The van der Waals surface area contributed by atoms with Crippen LogP contribution in [0.2, 0.25) is 0 Å². The van der Waals surface area contributed by atoms with Gasteiger partial charge in [0.15, 0.2) is 0 Å². The second kappa shape index (κ2) is 7.14. The minimum absolute atomic E-state index is 0.0625. The van der Waals surface area contributed by atoms with Crippen LogP contribution in [0.1, 0.15) is 23.7 Å². The van der Waals surface area contributed by atoms with Gasteiger partial charge >= 0.3 is 0 Å². The number of ether oxygens (including phenoxy) is 1. The minimum Gasteiger partial charge on any atom is -0.507 e. The van der Waals surface area contributed by atoms with Crippen LogP contribution in [0.4, 0.5) is 0 Å². The third-order valence-corrected chi connectivity index (χ3v) is 5.16. The quantitative estimate of drug-likeness (QED) is 0.729. The maximum Gasteiger partial charge on any atom is 0.255 e. The molecule has 19 heavy (non-hydrogen) atoms. The zero-order valence-electron chi connectivity index (χ0n) is 10.9. The summed E-state index contributed by atoms with van der Waals surface area (Å²) in [6, 6.07) is 4.57. The summed E-state index contributed by atoms with van der Waals surface area (Å²) >= 11 is 6.82. The van der Waals surface area contributed by atoms with E-state index in [1.807, 2.05) is 6.92 Å². The average molecular weight is 395 g/mol. The van der Waals surface area contributed by atoms with Gasteiger partial charge in [-0.3, -0.25) is 4.79 Å². The number of aromatic hydroxyl groups is 1. The maximum absolute atomic E-state index is 12.3. The van der Waals surface area contributed by atoms with E-state index < -0.39 is 0 Å². The number of alkyl halides is 2. The largest absolute Gasteiger partial charge is 0.507 e. The van der Waals surface area contributed by atoms with E-state index in [1.54, 1.807) is 6.07 Å². The van der Waals surface area contributed by atoms with Crippen molar-refractivity contribution in [3.63, 3.8) is 0 Å². The molecule has 0 spiro atoms. The SMILES string of the molecule is CCC(CBr)(CBr)NC(=O)c1cc(OC)ccc1O. The van der Waals surface area contributed by atoms with Gasteiger partial charge in [0.1, 0.15) is 11.5 Å². The smallest absolute Gasteiger partial charge is 0.255 e. The summed E-state index contributed by atoms with van der Waals surface area (Å²) in [5.41, 5.74) is -0.175. The summed E-state index contributed by atoms with van der Waals surface area (Å²) in [5, 5.41) is 14.0. The van der Waals surface area contributed by atoms with Crippen molar-refractivity contribution in [3.8, 4) is 11.5 Å². The Morgan fingerprint density at radius 2 is 2.05 bits per heavy atom. The lowest BCUT2D eigenvalue weighted by Crippen LogP contribution is -2.51. The molecule has 1 rings (SSSR count). The molecule has 0 saturated carbocycles. The molecule has 4 nitrogen and oxygen atoms in total. The van der Waals surface area contributed by atoms with Crippen LogP contribution in [0.3, 0.4) is 0 Å². The Bertz CT molecular complexity index is 439. The van der Waals surface area contributed by atoms with Gasteiger partial charge in [-0.2, -0.15) is 0 Å². The Hall–Kier alpha value is -0.750. The molecule has 1 aromatic carbocycles. The number of carbonyl (C=O) groups excluding carboxylic acids is 1. The molecule has 0 aromatic heterocycles. The van der Waals surface area contributed by atoms with Crippen molar-refractivity contribution in [1.29, 1.82) is 0 Å². The molecular formula is C13H17Br2NO3. The van der Waals surface area contributed by atoms with Crippen LogP contribution < -0.4 is 10.1 Å². The van der Waals surface area contributed by atoms with Crippen molar-refractivity contribution >= 4 is 37.8 Å². The second-order valence-corrected chi connectivity index (χ2v) is 5.36. The first-order valence-electron chi connectivity index (χ1n) is 5.83. The van der Waals surface area contributed by atoms with Crippen molar-refractivity contribution in [2.75, 3.05) is 17.8 Å². The Kier molecular flexibility index (Phi) is 6.13. The van der Waals surface area contributed by atoms with E-state index in [0.717, 1.165) is 6.42 Å². The van der Waals surface area contributed by atoms with E-state index >= 15 is 0 Å². The Labute approximate surface area is 129 Å². The fraction of sp³-hybridized carbons (Fsp3) is 0.462. The van der Waals surface area contributed by atoms with Gasteiger partial charge in [-0.25, -0.2) is 0 Å². The van der Waals surface area contributed by atoms with Crippen molar-refractivity contribution in [2.45, 2.75) is 18.9 Å². The first kappa shape index (κ1) is 16.3. The van der Waals surface area contributed by atoms with Crippen LogP contribution in [0.25, 0.3) is 0 Å². The molecule has 6 heteroatoms. The Morgan fingerprint density at radius 1 is 1.42 bits per heavy atom. The van der Waals surface area contributed by atoms with Gasteiger partial charge in [-0.1, -0.05) is 38.8 Å². The molecule has 0 heterocycles. The predicted octanol–water partition coefficient (Wildman–Crippen LogP) is 3.07. The highest BCUT2D eigenvalue weighted by Crippen LogP contribution is 2.24. The summed E-state index contributed by atoms with van der Waals surface area (Å²) in [6.07, 6.45) is 0.764. The van der Waals surface area contributed by atoms with Crippen molar-refractivity contribution in [3.05, 3.63) is 23.8 Å². The fourth-order valence-corrected chi connectivity index (χ4v) is 3.51. The number of amides is 1. The predicted molar refractivity (Wildman–Crippen MR) is 82.7 cm³/mol. The van der Waals surface area contributed by atoms with Gasteiger partial charge in [0, 0.05) is 10.7 Å². The molecule has 2 N–H and O–H groups in total. The highest BCUT2D eigenvalue weighted by Gasteiger charge is 2.29. The minimum atomic E-state index is -0.382. The molecule has 0 aliphatic rings. The molecule has 106 valence electrons. The van der Waals surface area contributed by atoms with Gasteiger partial charge < -0.3 is 15.2 Å². The van der Waals surface area contributed by atoms with Gasteiger partial charge in [-0.15, -0.1) is 0 Å². The van der Waals surface area contributed by atoms with Crippen molar-refractivity contribution in [2.24, 2.45) is 0 Å². The zero-order chi connectivity index (χ0) is 14.5. The van der Waals surface area contributed by atoms with Gasteiger partial charge in [0.25, 0.3) is 5.91 Å². The van der Waals surface area contributed by atoms with Gasteiger partial charge in [0.05, 0.1) is 18.2 Å². The standard InChI is InChI=1S/C13H17Br2NO3/c1-3-13(7-14,8-15)16-12(18)10-6-9(19-2)4-5-11(10)17/h4-6,17H,3,7-8H2,1-2H3,(H,16,18). The first-order chi connectivity index (χ1) is 9.01. The number of phenolic OH excluding ortho intramolecular Hbond substituents is 1. The number of carbonyl (C=O) groups is 1. The third-order valence-electron chi connectivity index (χ3n) is 3.02. The second-order valence-electron chi connectivity index (χ2n) is 4.24. The van der Waals surface area contributed by atoms with E-state index in [0.29, 0.717) is 16.4 Å². The lowest BCUT2D eigenvalue weighted by molar-refractivity contribution is 0.0912. The molecule has 0 bridgehead atoms. The Balaban J connectivity index is 3.00. The maximum atomic E-state index is 12.3. The summed E-state index contributed by atoms with van der Waals surface area (Å²) in [7, 11) is 1.52. The Morgan fingerprint density at radius 3 is 2.53 bits per heavy atom. The molecule has 1 aromatic rings. The third kappa shape index (κ3) is 3.86. The number of hydrogen-bond acceptors (Lipinski definition) is 3. The molecule has 0 fully saturated rings. The van der Waals surface area contributed by atoms with Crippen molar-refractivity contribution < 1.29 is 14.6 Å². The highest BCUT2D eigenvalue weighted by atomic mass is 79.9. The van der Waals surface area contributed by atoms with E-state index in [2.05, 4.69) is 37.2 Å². The number of halogens is 2. The van der Waals surface area contributed by atoms with E-state index in [4.69, 9.17) is 4.74 Å². The number of nitrogens with one attached hydrogen (secondary N) is 1. The lowest BCUT2D eigenvalue weighted by atomic mass is 10.0. The summed E-state index contributed by atoms with van der Waals surface area (Å²) in [6.45, 7) is 1.99. The average Bonchev–Trinajstić information content (AvgIpc) is 2.45. The molecule has 0 saturated heterocycles. The highest BCUT2D eigenvalue weighted by molar-refractivity contribution is 9.09. The molecule has 0 aliphatic heterocycles. The van der Waals surface area contributed by atoms with E-state index in [9.17, 15) is 9.90 Å². The van der Waals surface area contributed by atoms with Crippen molar-refractivity contribution in [1.82, 2.24) is 5.32 Å². The lowest BCUT2D eigenvalue weighted by Gasteiger charge is -2.30. The topological polar surface area (TPSA) is 58.6 Å². The first-order valence-corrected chi connectivity index (χ1v) is 8.07. The normalized spacial score (nSPS) is 11.2. The van der Waals surface area contributed by atoms with Crippen LogP contribution in [0, 0.1) is 0 Å². The number of benzene rings is 1. The number of hydrogen-bond donors (Lipinski definition) is 2. The van der Waals surface area contributed by atoms with Gasteiger partial charge in [0.2, 0.25) is 0 Å². The number of methoxy groups -OCH3 is 1. The fourth-order valence-electron chi connectivity index (χ4n) is 1.51. The molecule has 0 unspecified atom stereocenters. The van der Waals surface area contributed by atoms with Crippen LogP contribution in [0.5, 0.6) is 11.5 Å².